The van der Waals surface area contributed by atoms with Gasteiger partial charge in [-0.15, -0.1) is 0 Å². The first-order valence-corrected chi connectivity index (χ1v) is 13.5. The highest BCUT2D eigenvalue weighted by Crippen LogP contribution is 2.28. The molecule has 1 unspecified atom stereocenters. The van der Waals surface area contributed by atoms with Gasteiger partial charge in [-0.25, -0.2) is 19.9 Å². The van der Waals surface area contributed by atoms with Crippen LogP contribution in [0.2, 0.25) is 0 Å². The van der Waals surface area contributed by atoms with Crippen LogP contribution < -0.4 is 20.4 Å². The number of hydrogen-bond donors (Lipinski definition) is 3. The summed E-state index contributed by atoms with van der Waals surface area (Å²) in [7, 11) is 0. The van der Waals surface area contributed by atoms with Crippen LogP contribution in [0.1, 0.15) is 18.1 Å². The van der Waals surface area contributed by atoms with Gasteiger partial charge >= 0.3 is 0 Å². The van der Waals surface area contributed by atoms with Crippen molar-refractivity contribution in [3.05, 3.63) is 72.6 Å². The van der Waals surface area contributed by atoms with E-state index in [0.29, 0.717) is 56.1 Å². The van der Waals surface area contributed by atoms with Crippen molar-refractivity contribution >= 4 is 23.5 Å². The van der Waals surface area contributed by atoms with Gasteiger partial charge in [-0.3, -0.25) is 4.68 Å². The quantitative estimate of drug-likeness (QED) is 0.294. The minimum Gasteiger partial charge on any atom is -0.381 e. The van der Waals surface area contributed by atoms with Crippen LogP contribution in [0, 0.1) is 0 Å². The zero-order valence-corrected chi connectivity index (χ0v) is 22.4. The Balaban J connectivity index is 1.04. The lowest BCUT2D eigenvalue weighted by molar-refractivity contribution is 0.0161. The Morgan fingerprint density at radius 1 is 0.975 bits per heavy atom. The summed E-state index contributed by atoms with van der Waals surface area (Å²) in [6, 6.07) is 9.53. The molecule has 0 saturated carbocycles. The van der Waals surface area contributed by atoms with Gasteiger partial charge in [-0.2, -0.15) is 10.1 Å². The van der Waals surface area contributed by atoms with E-state index in [0.717, 1.165) is 30.9 Å². The van der Waals surface area contributed by atoms with Crippen molar-refractivity contribution in [3.63, 3.8) is 0 Å². The van der Waals surface area contributed by atoms with Crippen LogP contribution in [-0.2, 0) is 16.9 Å². The van der Waals surface area contributed by atoms with Crippen LogP contribution in [-0.4, -0.2) is 91.8 Å². The summed E-state index contributed by atoms with van der Waals surface area (Å²) >= 11 is 0. The lowest BCUT2D eigenvalue weighted by atomic mass is 9.90. The molecule has 2 aliphatic heterocycles. The van der Waals surface area contributed by atoms with Crippen LogP contribution in [0.15, 0.2) is 61.4 Å². The van der Waals surface area contributed by atoms with Gasteiger partial charge in [0.25, 0.3) is 0 Å². The predicted octanol–water partition coefficient (Wildman–Crippen LogP) is 1.17. The molecule has 13 heteroatoms. The number of anilines is 4. The maximum absolute atomic E-state index is 11.1. The van der Waals surface area contributed by atoms with Gasteiger partial charge in [0.05, 0.1) is 31.1 Å². The second-order valence-corrected chi connectivity index (χ2v) is 10.1. The van der Waals surface area contributed by atoms with Gasteiger partial charge in [0, 0.05) is 63.4 Å². The molecule has 2 aliphatic rings. The van der Waals surface area contributed by atoms with E-state index in [-0.39, 0.29) is 6.10 Å². The highest BCUT2D eigenvalue weighted by Gasteiger charge is 2.27. The Kier molecular flexibility index (Phi) is 7.49. The maximum atomic E-state index is 11.1. The second kappa shape index (κ2) is 11.5. The van der Waals surface area contributed by atoms with Gasteiger partial charge < -0.3 is 30.3 Å². The summed E-state index contributed by atoms with van der Waals surface area (Å²) in [5.74, 6) is 1.71. The molecule has 0 radical (unpaired) electrons. The number of benzene rings is 1. The van der Waals surface area contributed by atoms with Crippen molar-refractivity contribution in [2.24, 2.45) is 0 Å². The molecule has 40 heavy (non-hydrogen) atoms. The zero-order valence-electron chi connectivity index (χ0n) is 22.4. The van der Waals surface area contributed by atoms with Crippen molar-refractivity contribution in [1.82, 2.24) is 40.0 Å². The molecule has 6 rings (SSSR count). The standard InChI is InChI=1S/C27H33N11O2/c1-27(39,20-5-3-2-4-6-20)21-13-29-25(30-14-21)36-8-10-37(11-9-36)26-32-19-31-24(35-26)34-22-15-33-38(17-22)18-23-16-28-7-12-40-23/h2-6,13-15,17,19,23,28,39H,7-12,16,18H2,1H3,(H,31,32,34,35)/t23-,27?/m0/s1. The highest BCUT2D eigenvalue weighted by molar-refractivity contribution is 5.51. The number of ether oxygens (including phenoxy) is 1. The Labute approximate surface area is 232 Å². The average molecular weight is 544 g/mol. The zero-order chi connectivity index (χ0) is 27.4. The first-order chi connectivity index (χ1) is 19.5. The summed E-state index contributed by atoms with van der Waals surface area (Å²) < 4.78 is 7.62. The number of hydrogen-bond acceptors (Lipinski definition) is 12. The summed E-state index contributed by atoms with van der Waals surface area (Å²) in [6.45, 7) is 7.72. The van der Waals surface area contributed by atoms with E-state index in [1.165, 1.54) is 6.33 Å². The number of nitrogens with zero attached hydrogens (tertiary/aromatic N) is 9. The van der Waals surface area contributed by atoms with Gasteiger partial charge in [-0.1, -0.05) is 30.3 Å². The summed E-state index contributed by atoms with van der Waals surface area (Å²) in [5, 5.41) is 22.0. The Morgan fingerprint density at radius 2 is 1.73 bits per heavy atom. The van der Waals surface area contributed by atoms with Crippen molar-refractivity contribution in [3.8, 4) is 0 Å². The molecular weight excluding hydrogens is 510 g/mol. The van der Waals surface area contributed by atoms with Crippen LogP contribution >= 0.6 is 0 Å². The Morgan fingerprint density at radius 3 is 2.45 bits per heavy atom. The first-order valence-electron chi connectivity index (χ1n) is 13.5. The molecule has 3 N–H and O–H groups in total. The van der Waals surface area contributed by atoms with Crippen LogP contribution in [0.5, 0.6) is 0 Å². The molecule has 0 aliphatic carbocycles. The van der Waals surface area contributed by atoms with Gasteiger partial charge in [0.2, 0.25) is 17.8 Å². The smallest absolute Gasteiger partial charge is 0.232 e. The normalized spacial score (nSPS) is 19.3. The lowest BCUT2D eigenvalue weighted by Crippen LogP contribution is -2.47. The van der Waals surface area contributed by atoms with Crippen molar-refractivity contribution in [2.75, 3.05) is 61.0 Å². The average Bonchev–Trinajstić information content (AvgIpc) is 3.44. The van der Waals surface area contributed by atoms with Gasteiger partial charge in [0.15, 0.2) is 0 Å². The summed E-state index contributed by atoms with van der Waals surface area (Å²) in [5.41, 5.74) is 1.09. The SMILES string of the molecule is CC(O)(c1ccccc1)c1cnc(N2CCN(c3ncnc(Nc4cnn(C[C@@H]5CNCCO5)c4)n3)CC2)nc1. The number of rotatable bonds is 8. The Hall–Kier alpha value is -4.20. The number of aliphatic hydroxyl groups is 1. The molecule has 0 amide bonds. The van der Waals surface area contributed by atoms with E-state index in [9.17, 15) is 5.11 Å². The maximum Gasteiger partial charge on any atom is 0.232 e. The number of aromatic nitrogens is 7. The van der Waals surface area contributed by atoms with E-state index >= 15 is 0 Å². The molecule has 2 atom stereocenters. The molecule has 1 aromatic carbocycles. The monoisotopic (exact) mass is 543 g/mol. The first kappa shape index (κ1) is 26.0. The molecule has 0 spiro atoms. The highest BCUT2D eigenvalue weighted by atomic mass is 16.5. The third kappa shape index (κ3) is 5.86. The van der Waals surface area contributed by atoms with E-state index in [2.05, 4.69) is 50.5 Å². The van der Waals surface area contributed by atoms with Gasteiger partial charge in [-0.05, 0) is 12.5 Å². The van der Waals surface area contributed by atoms with Crippen molar-refractivity contribution < 1.29 is 9.84 Å². The third-order valence-corrected chi connectivity index (χ3v) is 7.23. The largest absolute Gasteiger partial charge is 0.381 e. The summed E-state index contributed by atoms with van der Waals surface area (Å²) in [4.78, 5) is 26.7. The van der Waals surface area contributed by atoms with E-state index in [1.807, 2.05) is 41.2 Å². The van der Waals surface area contributed by atoms with E-state index in [1.54, 1.807) is 25.5 Å². The summed E-state index contributed by atoms with van der Waals surface area (Å²) in [6.07, 6.45) is 8.70. The van der Waals surface area contributed by atoms with Crippen LogP contribution in [0.4, 0.5) is 23.5 Å². The van der Waals surface area contributed by atoms with Gasteiger partial charge in [0.1, 0.15) is 11.9 Å². The minimum atomic E-state index is -1.16. The molecule has 5 heterocycles. The molecule has 4 aromatic rings. The van der Waals surface area contributed by atoms with E-state index < -0.39 is 5.60 Å². The fraction of sp³-hybridized carbons (Fsp3) is 0.407. The topological polar surface area (TPSA) is 142 Å². The molecule has 0 bridgehead atoms. The lowest BCUT2D eigenvalue weighted by Gasteiger charge is -2.34. The molecule has 13 nitrogen and oxygen atoms in total. The molecule has 2 saturated heterocycles. The predicted molar refractivity (Wildman–Crippen MR) is 150 cm³/mol. The molecule has 2 fully saturated rings. The van der Waals surface area contributed by atoms with Crippen LogP contribution in [0.3, 0.4) is 0 Å². The molecule has 208 valence electrons. The Bertz CT molecular complexity index is 1380. The number of piperazine rings is 1. The molecular formula is C27H33N11O2. The molecule has 3 aromatic heterocycles. The van der Waals surface area contributed by atoms with Crippen molar-refractivity contribution in [2.45, 2.75) is 25.2 Å². The number of nitrogens with one attached hydrogen (secondary N) is 2. The minimum absolute atomic E-state index is 0.108. The van der Waals surface area contributed by atoms with Crippen molar-refractivity contribution in [1.29, 1.82) is 0 Å². The third-order valence-electron chi connectivity index (χ3n) is 7.23. The fourth-order valence-electron chi connectivity index (χ4n) is 4.87. The fourth-order valence-corrected chi connectivity index (χ4v) is 4.87. The second-order valence-electron chi connectivity index (χ2n) is 10.1. The number of morpholine rings is 1. The van der Waals surface area contributed by atoms with Crippen LogP contribution in [0.25, 0.3) is 0 Å². The van der Waals surface area contributed by atoms with E-state index in [4.69, 9.17) is 4.74 Å².